The van der Waals surface area contributed by atoms with Crippen LogP contribution in [0.4, 0.5) is 11.4 Å². The van der Waals surface area contributed by atoms with Crippen LogP contribution >= 0.6 is 0 Å². The number of hydrogen-bond donors (Lipinski definition) is 3. The van der Waals surface area contributed by atoms with Crippen LogP contribution in [-0.4, -0.2) is 23.2 Å². The van der Waals surface area contributed by atoms with Crippen LogP contribution in [0.25, 0.3) is 10.9 Å². The van der Waals surface area contributed by atoms with Gasteiger partial charge in [0, 0.05) is 18.1 Å². The van der Waals surface area contributed by atoms with Crippen molar-refractivity contribution in [3.8, 4) is 0 Å². The fourth-order valence-electron chi connectivity index (χ4n) is 2.10. The van der Waals surface area contributed by atoms with Gasteiger partial charge in [0.05, 0.1) is 23.0 Å². The third-order valence-electron chi connectivity index (χ3n) is 3.12. The fourth-order valence-corrected chi connectivity index (χ4v) is 2.10. The summed E-state index contributed by atoms with van der Waals surface area (Å²) in [5.41, 5.74) is 3.28. The van der Waals surface area contributed by atoms with Crippen LogP contribution in [0.3, 0.4) is 0 Å². The number of carbonyl (C=O) groups excluding carboxylic acids is 1. The van der Waals surface area contributed by atoms with Gasteiger partial charge in [0.2, 0.25) is 0 Å². The molecule has 0 bridgehead atoms. The molecule has 0 atom stereocenters. The summed E-state index contributed by atoms with van der Waals surface area (Å²) in [5, 5.41) is 13.8. The molecule has 1 heterocycles. The summed E-state index contributed by atoms with van der Waals surface area (Å²) in [5.74, 6) is -0.113. The number of hydrogen-bond acceptors (Lipinski definition) is 3. The molecule has 0 saturated heterocycles. The Hall–Kier alpha value is -2.82. The maximum absolute atomic E-state index is 11.8. The van der Waals surface area contributed by atoms with Crippen molar-refractivity contribution in [3.05, 3.63) is 54.2 Å². The van der Waals surface area contributed by atoms with Gasteiger partial charge in [-0.25, -0.2) is 0 Å². The highest BCUT2D eigenvalue weighted by molar-refractivity contribution is 6.00. The summed E-state index contributed by atoms with van der Waals surface area (Å²) in [4.78, 5) is 11.8. The smallest absolute Gasteiger partial charge is 0.253 e. The summed E-state index contributed by atoms with van der Waals surface area (Å²) < 4.78 is 0. The summed E-state index contributed by atoms with van der Waals surface area (Å²) >= 11 is 0. The molecule has 0 unspecified atom stereocenters. The van der Waals surface area contributed by atoms with Gasteiger partial charge in [0.15, 0.2) is 0 Å². The average Bonchev–Trinajstić information content (AvgIpc) is 2.94. The molecule has 0 aliphatic heterocycles. The van der Waals surface area contributed by atoms with E-state index in [2.05, 4.69) is 20.8 Å². The van der Waals surface area contributed by atoms with E-state index in [4.69, 9.17) is 0 Å². The van der Waals surface area contributed by atoms with Crippen molar-refractivity contribution in [1.29, 1.82) is 0 Å². The van der Waals surface area contributed by atoms with Crippen LogP contribution in [0.5, 0.6) is 0 Å². The quantitative estimate of drug-likeness (QED) is 0.682. The first-order chi connectivity index (χ1) is 9.78. The number of anilines is 2. The standard InChI is InChI=1S/C15H14N4O/c1-16-15(20)12-4-2-3-5-14(12)18-11-6-7-13-10(8-11)9-17-19-13/h2-9,18H,1H3,(H,16,20)(H,17,19). The third-order valence-corrected chi connectivity index (χ3v) is 3.12. The molecule has 1 aromatic heterocycles. The van der Waals surface area contributed by atoms with Crippen LogP contribution in [0.1, 0.15) is 10.4 Å². The molecular weight excluding hydrogens is 252 g/mol. The van der Waals surface area contributed by atoms with Crippen molar-refractivity contribution >= 4 is 28.2 Å². The van der Waals surface area contributed by atoms with Crippen molar-refractivity contribution < 1.29 is 4.79 Å². The number of carbonyl (C=O) groups is 1. The molecule has 0 aliphatic rings. The number of para-hydroxylation sites is 1. The highest BCUT2D eigenvalue weighted by Gasteiger charge is 2.09. The molecule has 20 heavy (non-hydrogen) atoms. The Kier molecular flexibility index (Phi) is 3.09. The summed E-state index contributed by atoms with van der Waals surface area (Å²) in [6.07, 6.45) is 1.77. The zero-order valence-corrected chi connectivity index (χ0v) is 11.0. The molecule has 1 amide bonds. The summed E-state index contributed by atoms with van der Waals surface area (Å²) in [7, 11) is 1.62. The number of aromatic nitrogens is 2. The first kappa shape index (κ1) is 12.2. The average molecular weight is 266 g/mol. The van der Waals surface area contributed by atoms with Crippen molar-refractivity contribution in [3.63, 3.8) is 0 Å². The van der Waals surface area contributed by atoms with E-state index in [9.17, 15) is 4.79 Å². The van der Waals surface area contributed by atoms with Crippen LogP contribution in [0, 0.1) is 0 Å². The molecule has 5 nitrogen and oxygen atoms in total. The lowest BCUT2D eigenvalue weighted by molar-refractivity contribution is 0.0964. The van der Waals surface area contributed by atoms with Gasteiger partial charge in [0.1, 0.15) is 0 Å². The lowest BCUT2D eigenvalue weighted by atomic mass is 10.1. The monoisotopic (exact) mass is 266 g/mol. The van der Waals surface area contributed by atoms with Crippen LogP contribution in [-0.2, 0) is 0 Å². The Labute approximate surface area is 116 Å². The van der Waals surface area contributed by atoms with Crippen molar-refractivity contribution in [2.45, 2.75) is 0 Å². The van der Waals surface area contributed by atoms with Gasteiger partial charge in [-0.2, -0.15) is 5.10 Å². The number of H-pyrrole nitrogens is 1. The van der Waals surface area contributed by atoms with Gasteiger partial charge >= 0.3 is 0 Å². The van der Waals surface area contributed by atoms with Crippen molar-refractivity contribution in [2.75, 3.05) is 12.4 Å². The zero-order valence-electron chi connectivity index (χ0n) is 11.0. The zero-order chi connectivity index (χ0) is 13.9. The minimum absolute atomic E-state index is 0.113. The van der Waals surface area contributed by atoms with E-state index >= 15 is 0 Å². The van der Waals surface area contributed by atoms with E-state index < -0.39 is 0 Å². The number of rotatable bonds is 3. The van der Waals surface area contributed by atoms with E-state index in [0.717, 1.165) is 22.3 Å². The Morgan fingerprint density at radius 2 is 2.05 bits per heavy atom. The van der Waals surface area contributed by atoms with Crippen LogP contribution < -0.4 is 10.6 Å². The largest absolute Gasteiger partial charge is 0.355 e. The Morgan fingerprint density at radius 3 is 2.90 bits per heavy atom. The highest BCUT2D eigenvalue weighted by Crippen LogP contribution is 2.23. The van der Waals surface area contributed by atoms with Gasteiger partial charge in [-0.1, -0.05) is 12.1 Å². The predicted molar refractivity (Wildman–Crippen MR) is 79.2 cm³/mol. The minimum Gasteiger partial charge on any atom is -0.355 e. The molecule has 3 N–H and O–H groups in total. The second-order valence-corrected chi connectivity index (χ2v) is 4.42. The first-order valence-corrected chi connectivity index (χ1v) is 6.29. The number of nitrogens with one attached hydrogen (secondary N) is 3. The third kappa shape index (κ3) is 2.21. The molecule has 5 heteroatoms. The number of aromatic amines is 1. The molecule has 0 aliphatic carbocycles. The Morgan fingerprint density at radius 1 is 1.20 bits per heavy atom. The van der Waals surface area contributed by atoms with Crippen LogP contribution in [0.2, 0.25) is 0 Å². The summed E-state index contributed by atoms with van der Waals surface area (Å²) in [6.45, 7) is 0. The number of nitrogens with zero attached hydrogens (tertiary/aromatic N) is 1. The van der Waals surface area contributed by atoms with E-state index in [0.29, 0.717) is 5.56 Å². The van der Waals surface area contributed by atoms with E-state index in [1.807, 2.05) is 36.4 Å². The maximum Gasteiger partial charge on any atom is 0.253 e. The van der Waals surface area contributed by atoms with Crippen molar-refractivity contribution in [1.82, 2.24) is 15.5 Å². The van der Waals surface area contributed by atoms with Crippen molar-refractivity contribution in [2.24, 2.45) is 0 Å². The maximum atomic E-state index is 11.8. The Bertz CT molecular complexity index is 763. The van der Waals surface area contributed by atoms with Gasteiger partial charge in [-0.15, -0.1) is 0 Å². The SMILES string of the molecule is CNC(=O)c1ccccc1Nc1ccc2[nH]ncc2c1. The van der Waals surface area contributed by atoms with Gasteiger partial charge < -0.3 is 10.6 Å². The van der Waals surface area contributed by atoms with Gasteiger partial charge in [-0.05, 0) is 30.3 Å². The van der Waals surface area contributed by atoms with E-state index in [1.165, 1.54) is 0 Å². The number of amides is 1. The summed E-state index contributed by atoms with van der Waals surface area (Å²) in [6, 6.07) is 13.3. The second-order valence-electron chi connectivity index (χ2n) is 4.42. The topological polar surface area (TPSA) is 69.8 Å². The molecule has 0 saturated carbocycles. The fraction of sp³-hybridized carbons (Fsp3) is 0.0667. The minimum atomic E-state index is -0.113. The molecule has 0 radical (unpaired) electrons. The van der Waals surface area contributed by atoms with E-state index in [1.54, 1.807) is 19.3 Å². The van der Waals surface area contributed by atoms with E-state index in [-0.39, 0.29) is 5.91 Å². The first-order valence-electron chi connectivity index (χ1n) is 6.29. The van der Waals surface area contributed by atoms with Crippen LogP contribution in [0.15, 0.2) is 48.7 Å². The molecule has 100 valence electrons. The normalized spacial score (nSPS) is 10.4. The molecule has 0 spiro atoms. The lowest BCUT2D eigenvalue weighted by Gasteiger charge is -2.11. The molecular formula is C15H14N4O. The Balaban J connectivity index is 1.96. The van der Waals surface area contributed by atoms with Gasteiger partial charge in [-0.3, -0.25) is 9.89 Å². The number of fused-ring (bicyclic) bond motifs is 1. The molecule has 2 aromatic carbocycles. The molecule has 3 aromatic rings. The lowest BCUT2D eigenvalue weighted by Crippen LogP contribution is -2.19. The van der Waals surface area contributed by atoms with Gasteiger partial charge in [0.25, 0.3) is 5.91 Å². The second kappa shape index (κ2) is 5.05. The predicted octanol–water partition coefficient (Wildman–Crippen LogP) is 2.67. The number of benzene rings is 2. The highest BCUT2D eigenvalue weighted by atomic mass is 16.1. The molecule has 3 rings (SSSR count). The molecule has 0 fully saturated rings.